The highest BCUT2D eigenvalue weighted by molar-refractivity contribution is 9.10. The van der Waals surface area contributed by atoms with E-state index in [0.29, 0.717) is 28.7 Å². The van der Waals surface area contributed by atoms with E-state index in [2.05, 4.69) is 20.7 Å². The topological polar surface area (TPSA) is 66.5 Å². The summed E-state index contributed by atoms with van der Waals surface area (Å²) < 4.78 is 41.4. The Morgan fingerprint density at radius 3 is 2.64 bits per heavy atom. The number of rotatable bonds is 4. The highest BCUT2D eigenvalue weighted by Gasteiger charge is 2.36. The van der Waals surface area contributed by atoms with E-state index >= 15 is 0 Å². The van der Waals surface area contributed by atoms with Crippen LogP contribution >= 0.6 is 15.9 Å². The fraction of sp³-hybridized carbons (Fsp3) is 0.235. The van der Waals surface area contributed by atoms with Gasteiger partial charge in [-0.15, -0.1) is 0 Å². The first-order valence-corrected chi connectivity index (χ1v) is 9.91. The maximum Gasteiger partial charge on any atom is 0.245 e. The number of anilines is 1. The van der Waals surface area contributed by atoms with E-state index in [1.807, 2.05) is 0 Å². The van der Waals surface area contributed by atoms with Crippen LogP contribution in [0.3, 0.4) is 0 Å². The van der Waals surface area contributed by atoms with Crippen molar-refractivity contribution in [3.05, 3.63) is 58.3 Å². The molecule has 1 heterocycles. The highest BCUT2D eigenvalue weighted by Crippen LogP contribution is 2.26. The Kier molecular flexibility index (Phi) is 4.95. The van der Waals surface area contributed by atoms with Gasteiger partial charge in [0.15, 0.2) is 0 Å². The van der Waals surface area contributed by atoms with Gasteiger partial charge in [-0.25, -0.2) is 12.8 Å². The summed E-state index contributed by atoms with van der Waals surface area (Å²) >= 11 is 3.21. The summed E-state index contributed by atoms with van der Waals surface area (Å²) in [6.45, 7) is 1.99. The molecule has 0 aliphatic carbocycles. The number of amides is 1. The lowest BCUT2D eigenvalue weighted by molar-refractivity contribution is -0.118. The summed E-state index contributed by atoms with van der Waals surface area (Å²) in [5.41, 5.74) is 0.994. The lowest BCUT2D eigenvalue weighted by Gasteiger charge is -2.18. The van der Waals surface area contributed by atoms with Crippen molar-refractivity contribution in [3.8, 4) is 0 Å². The predicted molar refractivity (Wildman–Crippen MR) is 96.4 cm³/mol. The molecule has 0 spiro atoms. The summed E-state index contributed by atoms with van der Waals surface area (Å²) in [6.07, 6.45) is 0.346. The molecule has 1 N–H and O–H groups in total. The molecule has 1 aliphatic heterocycles. The van der Waals surface area contributed by atoms with Crippen molar-refractivity contribution in [2.24, 2.45) is 0 Å². The Balaban J connectivity index is 1.80. The van der Waals surface area contributed by atoms with E-state index < -0.39 is 16.1 Å². The van der Waals surface area contributed by atoms with Crippen LogP contribution in [0.5, 0.6) is 0 Å². The normalized spacial score (nSPS) is 18.0. The van der Waals surface area contributed by atoms with E-state index in [9.17, 15) is 17.6 Å². The van der Waals surface area contributed by atoms with Gasteiger partial charge in [0.25, 0.3) is 0 Å². The second kappa shape index (κ2) is 6.86. The molecule has 0 bridgehead atoms. The SMILES string of the molecule is Cc1cc(N2CC[C@@H](NS(=O)(=O)c3ccccc3Br)C2=O)ccc1F. The third kappa shape index (κ3) is 3.61. The maximum absolute atomic E-state index is 13.4. The first-order valence-electron chi connectivity index (χ1n) is 7.64. The van der Waals surface area contributed by atoms with E-state index in [-0.39, 0.29) is 16.6 Å². The van der Waals surface area contributed by atoms with Crippen LogP contribution in [0.4, 0.5) is 10.1 Å². The van der Waals surface area contributed by atoms with Crippen molar-refractivity contribution in [1.82, 2.24) is 4.72 Å². The lowest BCUT2D eigenvalue weighted by Crippen LogP contribution is -2.41. The minimum absolute atomic E-state index is 0.0823. The molecule has 25 heavy (non-hydrogen) atoms. The van der Waals surface area contributed by atoms with Gasteiger partial charge in [-0.3, -0.25) is 4.79 Å². The molecule has 3 rings (SSSR count). The standard InChI is InChI=1S/C17H16BrFN2O3S/c1-11-10-12(6-7-14(11)19)21-9-8-15(17(21)22)20-25(23,24)16-5-3-2-4-13(16)18/h2-7,10,15,20H,8-9H2,1H3/t15-/m1/s1. The van der Waals surface area contributed by atoms with Gasteiger partial charge in [0.2, 0.25) is 15.9 Å². The first kappa shape index (κ1) is 18.0. The van der Waals surface area contributed by atoms with Gasteiger partial charge < -0.3 is 4.90 Å². The van der Waals surface area contributed by atoms with Gasteiger partial charge in [-0.05, 0) is 65.2 Å². The molecular weight excluding hydrogens is 411 g/mol. The van der Waals surface area contributed by atoms with E-state index in [1.54, 1.807) is 31.2 Å². The molecule has 0 unspecified atom stereocenters. The van der Waals surface area contributed by atoms with Crippen molar-refractivity contribution in [3.63, 3.8) is 0 Å². The third-order valence-corrected chi connectivity index (χ3v) is 6.57. The Morgan fingerprint density at radius 1 is 1.24 bits per heavy atom. The van der Waals surface area contributed by atoms with Crippen LogP contribution in [0.2, 0.25) is 0 Å². The molecule has 0 saturated carbocycles. The Labute approximate surface area is 154 Å². The van der Waals surface area contributed by atoms with Gasteiger partial charge in [-0.1, -0.05) is 12.1 Å². The summed E-state index contributed by atoms with van der Waals surface area (Å²) in [7, 11) is -3.83. The minimum Gasteiger partial charge on any atom is -0.311 e. The van der Waals surface area contributed by atoms with Gasteiger partial charge in [-0.2, -0.15) is 4.72 Å². The fourth-order valence-corrected chi connectivity index (χ4v) is 4.98. The van der Waals surface area contributed by atoms with Gasteiger partial charge in [0.05, 0.1) is 4.90 Å². The summed E-state index contributed by atoms with van der Waals surface area (Å²) in [5.74, 6) is -0.691. The molecule has 132 valence electrons. The summed E-state index contributed by atoms with van der Waals surface area (Å²) in [6, 6.07) is 9.97. The van der Waals surface area contributed by atoms with Crippen molar-refractivity contribution < 1.29 is 17.6 Å². The molecule has 0 radical (unpaired) electrons. The number of benzene rings is 2. The molecule has 0 aromatic heterocycles. The molecule has 2 aromatic carbocycles. The quantitative estimate of drug-likeness (QED) is 0.816. The number of nitrogens with one attached hydrogen (secondary N) is 1. The number of aryl methyl sites for hydroxylation is 1. The second-order valence-electron chi connectivity index (χ2n) is 5.82. The monoisotopic (exact) mass is 426 g/mol. The van der Waals surface area contributed by atoms with Crippen LogP contribution in [0.15, 0.2) is 51.8 Å². The molecule has 8 heteroatoms. The number of carbonyl (C=O) groups is 1. The number of carbonyl (C=O) groups excluding carboxylic acids is 1. The first-order chi connectivity index (χ1) is 11.8. The highest BCUT2D eigenvalue weighted by atomic mass is 79.9. The molecule has 1 fully saturated rings. The maximum atomic E-state index is 13.4. The zero-order chi connectivity index (χ0) is 18.2. The van der Waals surface area contributed by atoms with Crippen molar-refractivity contribution in [1.29, 1.82) is 0 Å². The van der Waals surface area contributed by atoms with E-state index in [0.717, 1.165) is 0 Å². The Bertz CT molecular complexity index is 933. The minimum atomic E-state index is -3.83. The van der Waals surface area contributed by atoms with Crippen LogP contribution in [0.25, 0.3) is 0 Å². The summed E-state index contributed by atoms with van der Waals surface area (Å²) in [4.78, 5) is 14.1. The number of nitrogens with zero attached hydrogens (tertiary/aromatic N) is 1. The number of hydrogen-bond donors (Lipinski definition) is 1. The zero-order valence-electron chi connectivity index (χ0n) is 13.4. The lowest BCUT2D eigenvalue weighted by atomic mass is 10.2. The average molecular weight is 427 g/mol. The average Bonchev–Trinajstić information content (AvgIpc) is 2.91. The number of hydrogen-bond acceptors (Lipinski definition) is 3. The van der Waals surface area contributed by atoms with Crippen LogP contribution in [0, 0.1) is 12.7 Å². The van der Waals surface area contributed by atoms with Gasteiger partial charge in [0.1, 0.15) is 11.9 Å². The molecule has 1 atom stereocenters. The smallest absolute Gasteiger partial charge is 0.245 e. The van der Waals surface area contributed by atoms with Crippen molar-refractivity contribution in [2.75, 3.05) is 11.4 Å². The molecular formula is C17H16BrFN2O3S. The molecule has 1 amide bonds. The molecule has 1 saturated heterocycles. The van der Waals surface area contributed by atoms with Crippen molar-refractivity contribution >= 4 is 37.5 Å². The second-order valence-corrected chi connectivity index (χ2v) is 8.35. The van der Waals surface area contributed by atoms with Crippen LogP contribution in [-0.4, -0.2) is 26.9 Å². The largest absolute Gasteiger partial charge is 0.311 e. The fourth-order valence-electron chi connectivity index (χ4n) is 2.76. The van der Waals surface area contributed by atoms with Gasteiger partial charge >= 0.3 is 0 Å². The van der Waals surface area contributed by atoms with Crippen LogP contribution in [-0.2, 0) is 14.8 Å². The van der Waals surface area contributed by atoms with E-state index in [4.69, 9.17) is 0 Å². The van der Waals surface area contributed by atoms with Crippen LogP contribution < -0.4 is 9.62 Å². The Hall–Kier alpha value is -1.77. The van der Waals surface area contributed by atoms with Gasteiger partial charge in [0, 0.05) is 16.7 Å². The molecule has 1 aliphatic rings. The third-order valence-electron chi connectivity index (χ3n) is 4.08. The molecule has 2 aromatic rings. The Morgan fingerprint density at radius 2 is 1.96 bits per heavy atom. The molecule has 5 nitrogen and oxygen atoms in total. The number of sulfonamides is 1. The predicted octanol–water partition coefficient (Wildman–Crippen LogP) is 2.98. The van der Waals surface area contributed by atoms with Crippen LogP contribution in [0.1, 0.15) is 12.0 Å². The summed E-state index contributed by atoms with van der Waals surface area (Å²) in [5, 5.41) is 0. The van der Waals surface area contributed by atoms with E-state index in [1.165, 1.54) is 23.1 Å². The van der Waals surface area contributed by atoms with Crippen molar-refractivity contribution in [2.45, 2.75) is 24.3 Å². The zero-order valence-corrected chi connectivity index (χ0v) is 15.8. The number of halogens is 2.